The smallest absolute Gasteiger partial charge is 0.252 e. The van der Waals surface area contributed by atoms with Crippen LogP contribution in [0, 0.1) is 24.4 Å². The van der Waals surface area contributed by atoms with Crippen LogP contribution in [0.2, 0.25) is 0 Å². The Morgan fingerprint density at radius 2 is 1.74 bits per heavy atom. The van der Waals surface area contributed by atoms with Gasteiger partial charge in [-0.3, -0.25) is 4.79 Å². The van der Waals surface area contributed by atoms with E-state index in [1.807, 2.05) is 24.3 Å². The van der Waals surface area contributed by atoms with Crippen LogP contribution in [0.15, 0.2) is 66.2 Å². The van der Waals surface area contributed by atoms with Gasteiger partial charge in [0.05, 0.1) is 12.6 Å². The lowest BCUT2D eigenvalue weighted by molar-refractivity contribution is -0.128. The van der Waals surface area contributed by atoms with Crippen molar-refractivity contribution in [1.29, 1.82) is 0 Å². The van der Waals surface area contributed by atoms with E-state index < -0.39 is 23.2 Å². The van der Waals surface area contributed by atoms with Crippen LogP contribution in [0.3, 0.4) is 0 Å². The van der Waals surface area contributed by atoms with Gasteiger partial charge in [-0.2, -0.15) is 4.39 Å². The summed E-state index contributed by atoms with van der Waals surface area (Å²) in [5.41, 5.74) is 6.44. The van der Waals surface area contributed by atoms with E-state index >= 15 is 0 Å². The number of carbonyl (C=O) groups is 1. The van der Waals surface area contributed by atoms with Gasteiger partial charge >= 0.3 is 0 Å². The summed E-state index contributed by atoms with van der Waals surface area (Å²) in [4.78, 5) is 16.4. The molecule has 3 aromatic rings. The van der Waals surface area contributed by atoms with Gasteiger partial charge in [-0.15, -0.1) is 0 Å². The number of nitrogens with zero attached hydrogens (tertiary/aromatic N) is 1. The summed E-state index contributed by atoms with van der Waals surface area (Å²) in [5.74, 6) is -3.92. The summed E-state index contributed by atoms with van der Waals surface area (Å²) in [6.07, 6.45) is 3.99. The molecule has 5 nitrogen and oxygen atoms in total. The van der Waals surface area contributed by atoms with Crippen molar-refractivity contribution in [3.05, 3.63) is 106 Å². The quantitative estimate of drug-likeness (QED) is 0.241. The van der Waals surface area contributed by atoms with E-state index in [0.29, 0.717) is 25.9 Å². The molecule has 42 heavy (non-hydrogen) atoms. The van der Waals surface area contributed by atoms with Crippen molar-refractivity contribution in [2.45, 2.75) is 63.7 Å². The van der Waals surface area contributed by atoms with E-state index in [1.54, 1.807) is 0 Å². The molecule has 0 spiro atoms. The lowest BCUT2D eigenvalue weighted by atomic mass is 9.83. The molecule has 2 fully saturated rings. The molecule has 2 aliphatic heterocycles. The fourth-order valence-corrected chi connectivity index (χ4v) is 6.08. The maximum atomic E-state index is 14.3. The Morgan fingerprint density at radius 3 is 2.50 bits per heavy atom. The second-order valence-corrected chi connectivity index (χ2v) is 11.6. The Kier molecular flexibility index (Phi) is 8.36. The minimum atomic E-state index is -1.31. The molecule has 1 saturated carbocycles. The Hall–Kier alpha value is -3.62. The van der Waals surface area contributed by atoms with Crippen LogP contribution in [-0.2, 0) is 17.8 Å². The van der Waals surface area contributed by atoms with Gasteiger partial charge in [0.15, 0.2) is 17.4 Å². The highest BCUT2D eigenvalue weighted by molar-refractivity contribution is 6.03. The van der Waals surface area contributed by atoms with Crippen LogP contribution in [0.25, 0.3) is 5.57 Å². The van der Waals surface area contributed by atoms with Gasteiger partial charge in [-0.1, -0.05) is 48.5 Å². The van der Waals surface area contributed by atoms with Gasteiger partial charge in [0.2, 0.25) is 5.82 Å². The van der Waals surface area contributed by atoms with Crippen molar-refractivity contribution < 1.29 is 22.7 Å². The van der Waals surface area contributed by atoms with Crippen LogP contribution in [0.4, 0.5) is 13.2 Å². The maximum Gasteiger partial charge on any atom is 0.252 e. The minimum Gasteiger partial charge on any atom is -0.488 e. The van der Waals surface area contributed by atoms with Crippen LogP contribution >= 0.6 is 0 Å². The number of rotatable bonds is 10. The summed E-state index contributed by atoms with van der Waals surface area (Å²) in [6.45, 7) is 4.35. The summed E-state index contributed by atoms with van der Waals surface area (Å²) < 4.78 is 46.3. The lowest BCUT2D eigenvalue weighted by Gasteiger charge is -2.41. The number of nitrogens with one attached hydrogen (secondary N) is 2. The number of benzene rings is 3. The highest BCUT2D eigenvalue weighted by Crippen LogP contribution is 2.36. The average Bonchev–Trinajstić information content (AvgIpc) is 3.84. The number of halogens is 3. The number of fused-ring (bicyclic) bond motifs is 2. The van der Waals surface area contributed by atoms with E-state index in [0.717, 1.165) is 60.2 Å². The molecule has 1 aliphatic carbocycles. The van der Waals surface area contributed by atoms with Crippen molar-refractivity contribution in [2.75, 3.05) is 19.7 Å². The number of amides is 1. The van der Waals surface area contributed by atoms with Crippen LogP contribution in [0.5, 0.6) is 5.75 Å². The summed E-state index contributed by atoms with van der Waals surface area (Å²) in [6, 6.07) is 18.6. The predicted molar refractivity (Wildman–Crippen MR) is 156 cm³/mol. The third-order valence-electron chi connectivity index (χ3n) is 8.54. The first-order valence-corrected chi connectivity index (χ1v) is 14.8. The number of piperazine rings is 1. The van der Waals surface area contributed by atoms with Crippen LogP contribution in [-0.4, -0.2) is 48.6 Å². The standard InChI is InChI=1S/C34H36F3N3O2/c1-21-5-2-3-7-24(21)20-40(26-12-13-26)34(41)31-27(17-25-18-38-19-30(31)39-25)23-10-8-22(9-11-23)6-4-16-42-33-29(36)15-14-28(35)32(33)37/h2-3,5,7-11,14-15,25-26,30,38-39H,4,6,12-13,16-20H2,1H3/t25?,30-/m1/s1. The Balaban J connectivity index is 1.19. The molecule has 2 N–H and O–H groups in total. The Bertz CT molecular complexity index is 1490. The molecule has 2 bridgehead atoms. The lowest BCUT2D eigenvalue weighted by Crippen LogP contribution is -2.60. The van der Waals surface area contributed by atoms with Gasteiger partial charge in [-0.05, 0) is 79.0 Å². The first-order chi connectivity index (χ1) is 20.4. The van der Waals surface area contributed by atoms with E-state index in [1.165, 1.54) is 11.1 Å². The molecule has 3 aliphatic rings. The molecule has 2 heterocycles. The van der Waals surface area contributed by atoms with Crippen molar-refractivity contribution in [3.63, 3.8) is 0 Å². The SMILES string of the molecule is Cc1ccccc1CN(C(=O)C1=C(c2ccc(CCCOc3c(F)ccc(F)c3F)cc2)CC2CNC[C@H]1N2)C1CC1. The summed E-state index contributed by atoms with van der Waals surface area (Å²) in [5, 5.41) is 7.18. The fraction of sp³-hybridized carbons (Fsp3) is 0.382. The predicted octanol–water partition coefficient (Wildman–Crippen LogP) is 5.70. The molecule has 1 amide bonds. The third kappa shape index (κ3) is 6.10. The molecular weight excluding hydrogens is 539 g/mol. The average molecular weight is 576 g/mol. The van der Waals surface area contributed by atoms with Crippen molar-refractivity contribution in [2.24, 2.45) is 0 Å². The normalized spacial score (nSPS) is 20.0. The summed E-state index contributed by atoms with van der Waals surface area (Å²) in [7, 11) is 0. The van der Waals surface area contributed by atoms with Crippen LogP contribution < -0.4 is 15.4 Å². The zero-order chi connectivity index (χ0) is 29.2. The van der Waals surface area contributed by atoms with Gasteiger partial charge in [0.1, 0.15) is 0 Å². The Labute approximate surface area is 244 Å². The molecule has 3 aromatic carbocycles. The van der Waals surface area contributed by atoms with Crippen molar-refractivity contribution >= 4 is 11.5 Å². The van der Waals surface area contributed by atoms with E-state index in [-0.39, 0.29) is 30.6 Å². The highest BCUT2D eigenvalue weighted by Gasteiger charge is 2.41. The number of aryl methyl sites for hydroxylation is 2. The van der Waals surface area contributed by atoms with Gasteiger partial charge in [0, 0.05) is 37.3 Å². The molecule has 8 heteroatoms. The van der Waals surface area contributed by atoms with Gasteiger partial charge in [-0.25, -0.2) is 8.78 Å². The molecular formula is C34H36F3N3O2. The molecule has 220 valence electrons. The molecule has 1 saturated heterocycles. The van der Waals surface area contributed by atoms with E-state index in [4.69, 9.17) is 4.74 Å². The number of hydrogen-bond acceptors (Lipinski definition) is 4. The monoisotopic (exact) mass is 575 g/mol. The zero-order valence-electron chi connectivity index (χ0n) is 23.8. The molecule has 1 unspecified atom stereocenters. The van der Waals surface area contributed by atoms with Crippen molar-refractivity contribution in [1.82, 2.24) is 15.5 Å². The molecule has 6 rings (SSSR count). The maximum absolute atomic E-state index is 14.3. The summed E-state index contributed by atoms with van der Waals surface area (Å²) >= 11 is 0. The second kappa shape index (κ2) is 12.3. The second-order valence-electron chi connectivity index (χ2n) is 11.6. The first kappa shape index (κ1) is 28.5. The van der Waals surface area contributed by atoms with Gasteiger partial charge < -0.3 is 20.3 Å². The number of carbonyl (C=O) groups excluding carboxylic acids is 1. The zero-order valence-corrected chi connectivity index (χ0v) is 23.8. The van der Waals surface area contributed by atoms with Gasteiger partial charge in [0.25, 0.3) is 5.91 Å². The van der Waals surface area contributed by atoms with Crippen LogP contribution in [0.1, 0.15) is 47.9 Å². The largest absolute Gasteiger partial charge is 0.488 e. The minimum absolute atomic E-state index is 0.0430. The van der Waals surface area contributed by atoms with Crippen molar-refractivity contribution in [3.8, 4) is 5.75 Å². The van der Waals surface area contributed by atoms with E-state index in [9.17, 15) is 18.0 Å². The molecule has 2 atom stereocenters. The number of hydrogen-bond donors (Lipinski definition) is 2. The third-order valence-corrected chi connectivity index (χ3v) is 8.54. The first-order valence-electron chi connectivity index (χ1n) is 14.8. The topological polar surface area (TPSA) is 53.6 Å². The highest BCUT2D eigenvalue weighted by atomic mass is 19.2. The fourth-order valence-electron chi connectivity index (χ4n) is 6.08. The number of ether oxygens (including phenoxy) is 1. The van der Waals surface area contributed by atoms with E-state index in [2.05, 4.69) is 46.7 Å². The molecule has 0 radical (unpaired) electrons. The molecule has 0 aromatic heterocycles. The Morgan fingerprint density at radius 1 is 0.976 bits per heavy atom.